The Hall–Kier alpha value is -2.07. The molecule has 0 radical (unpaired) electrons. The van der Waals surface area contributed by atoms with Gasteiger partial charge in [0.15, 0.2) is 0 Å². The van der Waals surface area contributed by atoms with Gasteiger partial charge in [-0.05, 0) is 29.3 Å². The molecule has 1 unspecified atom stereocenters. The number of aliphatic carboxylic acids is 1. The number of carboxylic acids is 1. The molecule has 0 saturated heterocycles. The van der Waals surface area contributed by atoms with Crippen molar-refractivity contribution in [1.29, 1.82) is 0 Å². The minimum atomic E-state index is -0.884. The number of fused-ring (bicyclic) bond motifs is 1. The molecule has 4 N–H and O–H groups in total. The molecule has 2 aromatic rings. The van der Waals surface area contributed by atoms with Gasteiger partial charge in [-0.1, -0.05) is 24.3 Å². The summed E-state index contributed by atoms with van der Waals surface area (Å²) in [6.45, 7) is 0. The number of rotatable bonds is 4. The quantitative estimate of drug-likeness (QED) is 0.772. The average molecular weight is 245 g/mol. The molecule has 0 bridgehead atoms. The minimum absolute atomic E-state index is 0.00651. The molecule has 4 heteroatoms. The van der Waals surface area contributed by atoms with Crippen LogP contribution in [0.2, 0.25) is 0 Å². The minimum Gasteiger partial charge on any atom is -0.508 e. The summed E-state index contributed by atoms with van der Waals surface area (Å²) in [6.07, 6.45) is 0.300. The maximum atomic E-state index is 10.5. The molecule has 2 aromatic carbocycles. The zero-order valence-corrected chi connectivity index (χ0v) is 9.84. The van der Waals surface area contributed by atoms with E-state index in [4.69, 9.17) is 10.8 Å². The molecule has 0 heterocycles. The molecule has 0 saturated carbocycles. The van der Waals surface area contributed by atoms with Gasteiger partial charge in [-0.25, -0.2) is 0 Å². The molecule has 0 amide bonds. The van der Waals surface area contributed by atoms with Gasteiger partial charge in [-0.15, -0.1) is 0 Å². The molecule has 4 nitrogen and oxygen atoms in total. The summed E-state index contributed by atoms with van der Waals surface area (Å²) < 4.78 is 0. The van der Waals surface area contributed by atoms with E-state index in [9.17, 15) is 9.90 Å². The van der Waals surface area contributed by atoms with Crippen LogP contribution >= 0.6 is 0 Å². The highest BCUT2D eigenvalue weighted by atomic mass is 16.4. The third kappa shape index (κ3) is 2.60. The third-order valence-electron chi connectivity index (χ3n) is 2.96. The Balaban J connectivity index is 2.32. The largest absolute Gasteiger partial charge is 0.508 e. The van der Waals surface area contributed by atoms with Crippen LogP contribution in [0.4, 0.5) is 0 Å². The number of carboxylic acid groups (broad SMARTS) is 1. The Morgan fingerprint density at radius 3 is 2.44 bits per heavy atom. The van der Waals surface area contributed by atoms with Gasteiger partial charge in [-0.2, -0.15) is 0 Å². The first-order valence-corrected chi connectivity index (χ1v) is 5.77. The zero-order valence-electron chi connectivity index (χ0n) is 9.84. The summed E-state index contributed by atoms with van der Waals surface area (Å²) in [4.78, 5) is 10.5. The van der Waals surface area contributed by atoms with Crippen LogP contribution in [-0.2, 0) is 4.79 Å². The van der Waals surface area contributed by atoms with Crippen molar-refractivity contribution in [2.45, 2.75) is 18.9 Å². The van der Waals surface area contributed by atoms with Gasteiger partial charge < -0.3 is 15.9 Å². The molecular formula is C14H15NO3. The maximum absolute atomic E-state index is 10.5. The van der Waals surface area contributed by atoms with Crippen molar-refractivity contribution < 1.29 is 15.0 Å². The first kappa shape index (κ1) is 12.4. The van der Waals surface area contributed by atoms with Crippen molar-refractivity contribution in [3.63, 3.8) is 0 Å². The molecule has 0 aromatic heterocycles. The molecule has 0 aliphatic carbocycles. The fourth-order valence-corrected chi connectivity index (χ4v) is 1.98. The van der Waals surface area contributed by atoms with Crippen LogP contribution in [0.25, 0.3) is 10.8 Å². The highest BCUT2D eigenvalue weighted by molar-refractivity contribution is 5.85. The van der Waals surface area contributed by atoms with Crippen molar-refractivity contribution in [3.8, 4) is 5.75 Å². The molecule has 18 heavy (non-hydrogen) atoms. The number of phenolic OH excluding ortho intramolecular Hbond substituents is 1. The summed E-state index contributed by atoms with van der Waals surface area (Å²) in [7, 11) is 0. The van der Waals surface area contributed by atoms with Gasteiger partial charge in [0, 0.05) is 18.0 Å². The molecule has 0 fully saturated rings. The van der Waals surface area contributed by atoms with Gasteiger partial charge in [0.05, 0.1) is 0 Å². The van der Waals surface area contributed by atoms with Crippen molar-refractivity contribution in [2.75, 3.05) is 0 Å². The van der Waals surface area contributed by atoms with Gasteiger partial charge in [0.1, 0.15) is 5.75 Å². The average Bonchev–Trinajstić information content (AvgIpc) is 2.35. The fourth-order valence-electron chi connectivity index (χ4n) is 1.98. The van der Waals surface area contributed by atoms with E-state index in [2.05, 4.69) is 0 Å². The van der Waals surface area contributed by atoms with E-state index in [1.165, 1.54) is 0 Å². The Kier molecular flexibility index (Phi) is 3.48. The SMILES string of the molecule is NC(CCC(=O)O)c1cc2ccccc2cc1O. The number of aromatic hydroxyl groups is 1. The van der Waals surface area contributed by atoms with Crippen molar-refractivity contribution in [3.05, 3.63) is 42.0 Å². The lowest BCUT2D eigenvalue weighted by Gasteiger charge is -2.13. The van der Waals surface area contributed by atoms with Crippen molar-refractivity contribution >= 4 is 16.7 Å². The second kappa shape index (κ2) is 5.06. The van der Waals surface area contributed by atoms with E-state index < -0.39 is 12.0 Å². The number of benzene rings is 2. The Morgan fingerprint density at radius 1 is 1.22 bits per heavy atom. The standard InChI is InChI=1S/C14H15NO3/c15-12(5-6-14(17)18)11-7-9-3-1-2-4-10(9)8-13(11)16/h1-4,7-8,12,16H,5-6,15H2,(H,17,18). The van der Waals surface area contributed by atoms with E-state index in [0.717, 1.165) is 10.8 Å². The van der Waals surface area contributed by atoms with Crippen LogP contribution in [0.3, 0.4) is 0 Å². The van der Waals surface area contributed by atoms with E-state index >= 15 is 0 Å². The molecule has 0 spiro atoms. The predicted molar refractivity (Wildman–Crippen MR) is 69.4 cm³/mol. The number of carbonyl (C=O) groups is 1. The van der Waals surface area contributed by atoms with E-state index in [0.29, 0.717) is 12.0 Å². The van der Waals surface area contributed by atoms with E-state index in [1.807, 2.05) is 30.3 Å². The maximum Gasteiger partial charge on any atom is 0.303 e. The number of nitrogens with two attached hydrogens (primary N) is 1. The summed E-state index contributed by atoms with van der Waals surface area (Å²) >= 11 is 0. The van der Waals surface area contributed by atoms with Crippen LogP contribution in [0, 0.1) is 0 Å². The van der Waals surface area contributed by atoms with Gasteiger partial charge in [-0.3, -0.25) is 4.79 Å². The van der Waals surface area contributed by atoms with Crippen LogP contribution in [-0.4, -0.2) is 16.2 Å². The fraction of sp³-hybridized carbons (Fsp3) is 0.214. The van der Waals surface area contributed by atoms with Crippen LogP contribution in [0.15, 0.2) is 36.4 Å². The normalized spacial score (nSPS) is 12.5. The second-order valence-corrected chi connectivity index (χ2v) is 4.30. The van der Waals surface area contributed by atoms with Crippen molar-refractivity contribution in [2.24, 2.45) is 5.73 Å². The highest BCUT2D eigenvalue weighted by Crippen LogP contribution is 2.30. The summed E-state index contributed by atoms with van der Waals surface area (Å²) in [5.41, 5.74) is 6.50. The molecule has 94 valence electrons. The molecule has 1 atom stereocenters. The summed E-state index contributed by atoms with van der Waals surface area (Å²) in [5.74, 6) is -0.766. The molecule has 0 aliphatic rings. The number of hydrogen-bond donors (Lipinski definition) is 3. The summed E-state index contributed by atoms with van der Waals surface area (Å²) in [5, 5.41) is 20.5. The van der Waals surface area contributed by atoms with Gasteiger partial charge in [0.25, 0.3) is 0 Å². The molecule has 2 rings (SSSR count). The zero-order chi connectivity index (χ0) is 13.1. The van der Waals surface area contributed by atoms with E-state index in [-0.39, 0.29) is 12.2 Å². The smallest absolute Gasteiger partial charge is 0.303 e. The lowest BCUT2D eigenvalue weighted by molar-refractivity contribution is -0.137. The third-order valence-corrected chi connectivity index (χ3v) is 2.96. The Morgan fingerprint density at radius 2 is 1.83 bits per heavy atom. The first-order valence-electron chi connectivity index (χ1n) is 5.77. The molecule has 0 aliphatic heterocycles. The van der Waals surface area contributed by atoms with E-state index in [1.54, 1.807) is 6.07 Å². The Bertz CT molecular complexity index is 580. The topological polar surface area (TPSA) is 83.6 Å². The van der Waals surface area contributed by atoms with Crippen LogP contribution in [0.1, 0.15) is 24.4 Å². The predicted octanol–water partition coefficient (Wildman–Crippen LogP) is 2.41. The number of phenols is 1. The van der Waals surface area contributed by atoms with Crippen molar-refractivity contribution in [1.82, 2.24) is 0 Å². The monoisotopic (exact) mass is 245 g/mol. The lowest BCUT2D eigenvalue weighted by Crippen LogP contribution is -2.12. The lowest BCUT2D eigenvalue weighted by atomic mass is 9.98. The summed E-state index contributed by atoms with van der Waals surface area (Å²) in [6, 6.07) is 10.6. The highest BCUT2D eigenvalue weighted by Gasteiger charge is 2.13. The second-order valence-electron chi connectivity index (χ2n) is 4.30. The van der Waals surface area contributed by atoms with Crippen LogP contribution in [0.5, 0.6) is 5.75 Å². The Labute approximate surface area is 105 Å². The van der Waals surface area contributed by atoms with Crippen LogP contribution < -0.4 is 5.73 Å². The van der Waals surface area contributed by atoms with Gasteiger partial charge >= 0.3 is 5.97 Å². The number of hydrogen-bond acceptors (Lipinski definition) is 3. The first-order chi connectivity index (χ1) is 8.58. The molecular weight excluding hydrogens is 230 g/mol. The van der Waals surface area contributed by atoms with Gasteiger partial charge in [0.2, 0.25) is 0 Å².